The Bertz CT molecular complexity index is 429. The van der Waals surface area contributed by atoms with E-state index in [0.717, 1.165) is 25.0 Å². The Morgan fingerprint density at radius 3 is 2.61 bits per heavy atom. The van der Waals surface area contributed by atoms with Crippen molar-refractivity contribution in [3.8, 4) is 0 Å². The van der Waals surface area contributed by atoms with Crippen molar-refractivity contribution in [3.63, 3.8) is 0 Å². The molecule has 9 heteroatoms. The molecule has 132 valence electrons. The number of hydrogen-bond acceptors (Lipinski definition) is 9. The second kappa shape index (κ2) is 10.2. The molecule has 4 unspecified atom stereocenters. The largest absolute Gasteiger partial charge is 0.448 e. The Morgan fingerprint density at radius 2 is 2.00 bits per heavy atom. The summed E-state index contributed by atoms with van der Waals surface area (Å²) in [4.78, 5) is 35.0. The molecule has 1 rings (SSSR count). The molecule has 0 saturated carbocycles. The van der Waals surface area contributed by atoms with Crippen LogP contribution in [0.15, 0.2) is 0 Å². The van der Waals surface area contributed by atoms with E-state index in [2.05, 4.69) is 30.0 Å². The molecular weight excluding hydrogens is 344 g/mol. The zero-order valence-electron chi connectivity index (χ0n) is 12.6. The van der Waals surface area contributed by atoms with E-state index in [1.54, 1.807) is 0 Å². The summed E-state index contributed by atoms with van der Waals surface area (Å²) in [5.41, 5.74) is 0. The number of aliphatic hydroxyl groups excluding tert-OH is 2. The van der Waals surface area contributed by atoms with Gasteiger partial charge in [0.15, 0.2) is 6.10 Å². The van der Waals surface area contributed by atoms with Crippen molar-refractivity contribution >= 4 is 43.0 Å². The lowest BCUT2D eigenvalue weighted by molar-refractivity contribution is -0.162. The number of ether oxygens (including phenoxy) is 2. The second-order valence-corrected chi connectivity index (χ2v) is 6.47. The van der Waals surface area contributed by atoms with E-state index in [-0.39, 0.29) is 11.7 Å². The van der Waals surface area contributed by atoms with Gasteiger partial charge < -0.3 is 19.7 Å². The van der Waals surface area contributed by atoms with Crippen LogP contribution in [-0.2, 0) is 23.9 Å². The zero-order chi connectivity index (χ0) is 17.4. The normalized spacial score (nSPS) is 23.5. The summed E-state index contributed by atoms with van der Waals surface area (Å²) >= 11 is 8.49. The maximum Gasteiger partial charge on any atom is 0.356 e. The average Bonchev–Trinajstić information content (AvgIpc) is 2.79. The Morgan fingerprint density at radius 1 is 1.30 bits per heavy atom. The third kappa shape index (κ3) is 6.33. The number of rotatable bonds is 10. The fourth-order valence-electron chi connectivity index (χ4n) is 2.11. The molecule has 1 fully saturated rings. The summed E-state index contributed by atoms with van der Waals surface area (Å²) in [7, 11) is 0. The molecule has 1 saturated heterocycles. The highest BCUT2D eigenvalue weighted by Gasteiger charge is 2.49. The van der Waals surface area contributed by atoms with Crippen molar-refractivity contribution in [1.29, 1.82) is 0 Å². The van der Waals surface area contributed by atoms with Crippen molar-refractivity contribution in [1.82, 2.24) is 0 Å². The molecule has 1 aliphatic heterocycles. The van der Waals surface area contributed by atoms with Crippen LogP contribution in [0.3, 0.4) is 0 Å². The van der Waals surface area contributed by atoms with Gasteiger partial charge in [-0.1, -0.05) is 6.42 Å². The lowest BCUT2D eigenvalue weighted by Gasteiger charge is -2.12. The Labute approximate surface area is 145 Å². The standard InChI is InChI=1S/C14H22O7S2/c15-7-9(16)12-11(18)13(14(19)21-12)20-10(17)4-2-1-3-8(23)5-6-22/h8-9,12-13,15-16,22-23H,1-7H2. The highest BCUT2D eigenvalue weighted by molar-refractivity contribution is 7.81. The Hall–Kier alpha value is -0.770. The van der Waals surface area contributed by atoms with E-state index in [1.165, 1.54) is 0 Å². The molecule has 0 aromatic carbocycles. The van der Waals surface area contributed by atoms with Gasteiger partial charge in [0, 0.05) is 11.7 Å². The van der Waals surface area contributed by atoms with Gasteiger partial charge >= 0.3 is 11.9 Å². The maximum atomic E-state index is 11.8. The topological polar surface area (TPSA) is 110 Å². The summed E-state index contributed by atoms with van der Waals surface area (Å²) in [6, 6.07) is 0. The number of ketones is 1. The molecule has 7 nitrogen and oxygen atoms in total. The Kier molecular flexibility index (Phi) is 8.96. The SMILES string of the molecule is O=C(CCCCC(S)CCS)OC1C(=O)OC(C(O)CO)C1=O. The van der Waals surface area contributed by atoms with Crippen LogP contribution in [0.2, 0.25) is 0 Å². The molecule has 1 aliphatic rings. The van der Waals surface area contributed by atoms with Crippen LogP contribution in [-0.4, -0.2) is 63.9 Å². The average molecular weight is 366 g/mol. The predicted octanol–water partition coefficient (Wildman–Crippen LogP) is -0.0754. The van der Waals surface area contributed by atoms with E-state index < -0.39 is 42.6 Å². The molecule has 2 N–H and O–H groups in total. The van der Waals surface area contributed by atoms with E-state index in [9.17, 15) is 19.5 Å². The van der Waals surface area contributed by atoms with Gasteiger partial charge in [0.05, 0.1) is 6.61 Å². The number of unbranched alkanes of at least 4 members (excludes halogenated alkanes) is 1. The number of Topliss-reactive ketones (excluding diaryl/α,β-unsaturated/α-hetero) is 1. The van der Waals surface area contributed by atoms with Crippen molar-refractivity contribution < 1.29 is 34.1 Å². The minimum atomic E-state index is -1.66. The highest BCUT2D eigenvalue weighted by Crippen LogP contribution is 2.19. The van der Waals surface area contributed by atoms with E-state index in [0.29, 0.717) is 6.42 Å². The molecule has 1 heterocycles. The van der Waals surface area contributed by atoms with Gasteiger partial charge in [-0.3, -0.25) is 9.59 Å². The van der Waals surface area contributed by atoms with Gasteiger partial charge in [-0.15, -0.1) is 0 Å². The van der Waals surface area contributed by atoms with Gasteiger partial charge in [-0.2, -0.15) is 25.3 Å². The van der Waals surface area contributed by atoms with E-state index in [4.69, 9.17) is 9.84 Å². The van der Waals surface area contributed by atoms with Crippen LogP contribution < -0.4 is 0 Å². The summed E-state index contributed by atoms with van der Waals surface area (Å²) in [5.74, 6) is -1.80. The fourth-order valence-corrected chi connectivity index (χ4v) is 2.94. The fraction of sp³-hybridized carbons (Fsp3) is 0.786. The monoisotopic (exact) mass is 366 g/mol. The van der Waals surface area contributed by atoms with Crippen molar-refractivity contribution in [2.75, 3.05) is 12.4 Å². The van der Waals surface area contributed by atoms with E-state index >= 15 is 0 Å². The number of thiol groups is 2. The smallest absolute Gasteiger partial charge is 0.356 e. The zero-order valence-corrected chi connectivity index (χ0v) is 14.4. The summed E-state index contributed by atoms with van der Waals surface area (Å²) in [6.45, 7) is -0.735. The van der Waals surface area contributed by atoms with Gasteiger partial charge in [-0.05, 0) is 25.0 Å². The van der Waals surface area contributed by atoms with Crippen LogP contribution in [0.4, 0.5) is 0 Å². The van der Waals surface area contributed by atoms with Gasteiger partial charge in [0.25, 0.3) is 6.10 Å². The first-order chi connectivity index (χ1) is 10.9. The first-order valence-electron chi connectivity index (χ1n) is 7.42. The molecule has 0 spiro atoms. The number of aliphatic hydroxyl groups is 2. The molecule has 0 aliphatic carbocycles. The van der Waals surface area contributed by atoms with Crippen LogP contribution in [0.25, 0.3) is 0 Å². The number of cyclic esters (lactones) is 1. The van der Waals surface area contributed by atoms with Crippen LogP contribution >= 0.6 is 25.3 Å². The minimum absolute atomic E-state index is 0.0751. The van der Waals surface area contributed by atoms with E-state index in [1.807, 2.05) is 0 Å². The summed E-state index contributed by atoms with van der Waals surface area (Å²) in [6.07, 6.45) is -1.54. The van der Waals surface area contributed by atoms with Crippen LogP contribution in [0.5, 0.6) is 0 Å². The van der Waals surface area contributed by atoms with Gasteiger partial charge in [0.2, 0.25) is 5.78 Å². The quantitative estimate of drug-likeness (QED) is 0.185. The minimum Gasteiger partial charge on any atom is -0.448 e. The molecule has 0 radical (unpaired) electrons. The third-order valence-electron chi connectivity index (χ3n) is 3.41. The molecule has 23 heavy (non-hydrogen) atoms. The Balaban J connectivity index is 2.34. The first-order valence-corrected chi connectivity index (χ1v) is 8.57. The molecule has 4 atom stereocenters. The summed E-state index contributed by atoms with van der Waals surface area (Å²) < 4.78 is 9.46. The highest BCUT2D eigenvalue weighted by atomic mass is 32.1. The lowest BCUT2D eigenvalue weighted by Crippen LogP contribution is -2.38. The lowest BCUT2D eigenvalue weighted by atomic mass is 10.1. The van der Waals surface area contributed by atoms with Crippen LogP contribution in [0, 0.1) is 0 Å². The molecule has 0 aromatic heterocycles. The second-order valence-electron chi connectivity index (χ2n) is 5.29. The third-order valence-corrected chi connectivity index (χ3v) is 4.19. The molecular formula is C14H22O7S2. The molecule has 0 amide bonds. The van der Waals surface area contributed by atoms with Gasteiger partial charge in [0.1, 0.15) is 6.10 Å². The molecule has 0 aromatic rings. The van der Waals surface area contributed by atoms with Crippen molar-refractivity contribution in [2.24, 2.45) is 0 Å². The molecule has 0 bridgehead atoms. The number of carbonyl (C=O) groups is 3. The summed E-state index contributed by atoms with van der Waals surface area (Å²) in [5, 5.41) is 18.4. The number of hydrogen-bond donors (Lipinski definition) is 4. The van der Waals surface area contributed by atoms with Crippen molar-refractivity contribution in [3.05, 3.63) is 0 Å². The maximum absolute atomic E-state index is 11.8. The number of esters is 2. The van der Waals surface area contributed by atoms with Gasteiger partial charge in [-0.25, -0.2) is 4.79 Å². The first kappa shape index (κ1) is 20.3. The predicted molar refractivity (Wildman–Crippen MR) is 87.6 cm³/mol. The van der Waals surface area contributed by atoms with Crippen LogP contribution in [0.1, 0.15) is 32.1 Å². The van der Waals surface area contributed by atoms with Crippen molar-refractivity contribution in [2.45, 2.75) is 55.7 Å². The number of carbonyl (C=O) groups excluding carboxylic acids is 3.